The van der Waals surface area contributed by atoms with Gasteiger partial charge in [-0.3, -0.25) is 4.79 Å². The van der Waals surface area contributed by atoms with Crippen molar-refractivity contribution in [1.82, 2.24) is 19.9 Å². The number of methoxy groups -OCH3 is 1. The van der Waals surface area contributed by atoms with E-state index in [4.69, 9.17) is 9.15 Å². The molecule has 0 fully saturated rings. The highest BCUT2D eigenvalue weighted by Gasteiger charge is 2.21. The predicted octanol–water partition coefficient (Wildman–Crippen LogP) is 4.06. The second-order valence-corrected chi connectivity index (χ2v) is 7.27. The van der Waals surface area contributed by atoms with Crippen molar-refractivity contribution < 1.29 is 18.3 Å². The third kappa shape index (κ3) is 4.69. The molecule has 0 aliphatic rings. The van der Waals surface area contributed by atoms with Crippen LogP contribution in [0.15, 0.2) is 71.5 Å². The van der Waals surface area contributed by atoms with Gasteiger partial charge in [-0.25, -0.2) is 14.4 Å². The van der Waals surface area contributed by atoms with E-state index in [0.29, 0.717) is 28.8 Å². The monoisotopic (exact) mass is 434 g/mol. The number of hydrogen-bond donors (Lipinski definition) is 1. The number of nitrogens with one attached hydrogen (secondary N) is 1. The fourth-order valence-electron chi connectivity index (χ4n) is 3.44. The molecule has 4 rings (SSSR count). The summed E-state index contributed by atoms with van der Waals surface area (Å²) in [5.74, 6) is 1.52. The molecule has 7 nitrogen and oxygen atoms in total. The fraction of sp³-hybridized carbons (Fsp3) is 0.208. The zero-order valence-electron chi connectivity index (χ0n) is 17.8. The Balaban J connectivity index is 1.46. The molecule has 0 aliphatic heterocycles. The lowest BCUT2D eigenvalue weighted by Crippen LogP contribution is -2.31. The van der Waals surface area contributed by atoms with Crippen molar-refractivity contribution in [1.29, 1.82) is 0 Å². The lowest BCUT2D eigenvalue weighted by molar-refractivity contribution is -0.121. The number of carbonyl (C=O) groups is 1. The van der Waals surface area contributed by atoms with Gasteiger partial charge in [0.05, 0.1) is 18.9 Å². The number of halogens is 1. The molecule has 32 heavy (non-hydrogen) atoms. The summed E-state index contributed by atoms with van der Waals surface area (Å²) in [5, 5.41) is 3.04. The molecule has 0 saturated heterocycles. The Kier molecular flexibility index (Phi) is 6.30. The fourth-order valence-corrected chi connectivity index (χ4v) is 3.44. The molecule has 2 aromatic carbocycles. The van der Waals surface area contributed by atoms with Gasteiger partial charge in [-0.1, -0.05) is 24.3 Å². The molecule has 2 heterocycles. The van der Waals surface area contributed by atoms with Crippen molar-refractivity contribution in [2.45, 2.75) is 18.9 Å². The predicted molar refractivity (Wildman–Crippen MR) is 116 cm³/mol. The second-order valence-electron chi connectivity index (χ2n) is 7.27. The van der Waals surface area contributed by atoms with E-state index in [9.17, 15) is 9.18 Å². The largest absolute Gasteiger partial charge is 0.497 e. The molecule has 0 bridgehead atoms. The summed E-state index contributed by atoms with van der Waals surface area (Å²) in [6.45, 7) is 0. The number of nitrogens with zero attached hydrogens (tertiary/aromatic N) is 3. The van der Waals surface area contributed by atoms with Gasteiger partial charge in [-0.15, -0.1) is 0 Å². The van der Waals surface area contributed by atoms with Gasteiger partial charge >= 0.3 is 0 Å². The molecule has 1 N–H and O–H groups in total. The number of rotatable bonds is 8. The number of imidazole rings is 1. The molecular weight excluding hydrogens is 411 g/mol. The molecule has 4 aromatic rings. The van der Waals surface area contributed by atoms with Gasteiger partial charge in [0.15, 0.2) is 11.7 Å². The number of hydrogen-bond acceptors (Lipinski definition) is 5. The molecule has 0 radical (unpaired) electrons. The van der Waals surface area contributed by atoms with Gasteiger partial charge in [0.1, 0.15) is 23.4 Å². The van der Waals surface area contributed by atoms with Gasteiger partial charge in [-0.05, 0) is 29.8 Å². The molecule has 0 aliphatic carbocycles. The van der Waals surface area contributed by atoms with Gasteiger partial charge in [0.2, 0.25) is 5.91 Å². The minimum atomic E-state index is -0.448. The van der Waals surface area contributed by atoms with E-state index >= 15 is 0 Å². The molecule has 1 atom stereocenters. The summed E-state index contributed by atoms with van der Waals surface area (Å²) < 4.78 is 26.8. The number of ether oxygens (including phenoxy) is 1. The van der Waals surface area contributed by atoms with Crippen LogP contribution in [0.3, 0.4) is 0 Å². The van der Waals surface area contributed by atoms with E-state index in [1.54, 1.807) is 31.5 Å². The maximum absolute atomic E-state index is 14.0. The smallest absolute Gasteiger partial charge is 0.221 e. The Morgan fingerprint density at radius 2 is 2.06 bits per heavy atom. The van der Waals surface area contributed by atoms with Gasteiger partial charge in [-0.2, -0.15) is 0 Å². The Bertz CT molecular complexity index is 1220. The maximum atomic E-state index is 14.0. The number of amides is 1. The van der Waals surface area contributed by atoms with Crippen molar-refractivity contribution in [2.75, 3.05) is 7.11 Å². The minimum absolute atomic E-state index is 0.155. The Hall–Kier alpha value is -3.94. The molecule has 0 unspecified atom stereocenters. The number of carbonyl (C=O) groups excluding carboxylic acids is 1. The quantitative estimate of drug-likeness (QED) is 0.452. The van der Waals surface area contributed by atoms with E-state index in [1.807, 2.05) is 42.1 Å². The van der Waals surface area contributed by atoms with Crippen LogP contribution in [0.5, 0.6) is 5.75 Å². The number of aryl methyl sites for hydroxylation is 2. The zero-order valence-corrected chi connectivity index (χ0v) is 17.8. The molecular formula is C24H23FN4O3. The first-order chi connectivity index (χ1) is 15.5. The van der Waals surface area contributed by atoms with Crippen LogP contribution >= 0.6 is 0 Å². The Labute approximate surface area is 184 Å². The van der Waals surface area contributed by atoms with E-state index < -0.39 is 6.04 Å². The highest BCUT2D eigenvalue weighted by Crippen LogP contribution is 2.25. The van der Waals surface area contributed by atoms with Crippen molar-refractivity contribution >= 4 is 5.91 Å². The molecule has 0 saturated carbocycles. The van der Waals surface area contributed by atoms with Crippen molar-refractivity contribution in [3.63, 3.8) is 0 Å². The number of benzene rings is 2. The average molecular weight is 434 g/mol. The van der Waals surface area contributed by atoms with Crippen LogP contribution in [-0.4, -0.2) is 27.6 Å². The van der Waals surface area contributed by atoms with Crippen LogP contribution < -0.4 is 10.1 Å². The molecule has 1 amide bonds. The highest BCUT2D eigenvalue weighted by molar-refractivity contribution is 5.77. The van der Waals surface area contributed by atoms with Crippen molar-refractivity contribution in [2.24, 2.45) is 7.05 Å². The minimum Gasteiger partial charge on any atom is -0.497 e. The van der Waals surface area contributed by atoms with Gasteiger partial charge in [0.25, 0.3) is 0 Å². The van der Waals surface area contributed by atoms with Crippen LogP contribution in [-0.2, 0) is 18.3 Å². The lowest BCUT2D eigenvalue weighted by Gasteiger charge is -2.19. The summed E-state index contributed by atoms with van der Waals surface area (Å²) in [7, 11) is 3.47. The zero-order chi connectivity index (χ0) is 22.5. The average Bonchev–Trinajstić information content (AvgIpc) is 3.45. The second kappa shape index (κ2) is 9.47. The van der Waals surface area contributed by atoms with Crippen LogP contribution in [0.1, 0.15) is 29.7 Å². The van der Waals surface area contributed by atoms with Crippen molar-refractivity contribution in [3.05, 3.63) is 90.2 Å². The summed E-state index contributed by atoms with van der Waals surface area (Å²) in [4.78, 5) is 21.4. The van der Waals surface area contributed by atoms with Crippen LogP contribution in [0.2, 0.25) is 0 Å². The van der Waals surface area contributed by atoms with Crippen LogP contribution in [0.25, 0.3) is 11.3 Å². The topological polar surface area (TPSA) is 82.2 Å². The SMILES string of the molecule is COc1cccc([C@H](NC(=O)CCc2ncc(-c3ccccc3F)o2)c2nccn2C)c1. The summed E-state index contributed by atoms with van der Waals surface area (Å²) >= 11 is 0. The third-order valence-corrected chi connectivity index (χ3v) is 5.11. The number of oxazole rings is 1. The van der Waals surface area contributed by atoms with Gasteiger partial charge < -0.3 is 19.0 Å². The highest BCUT2D eigenvalue weighted by atomic mass is 19.1. The van der Waals surface area contributed by atoms with Crippen LogP contribution in [0, 0.1) is 5.82 Å². The van der Waals surface area contributed by atoms with E-state index in [1.165, 1.54) is 12.3 Å². The lowest BCUT2D eigenvalue weighted by atomic mass is 10.1. The number of aromatic nitrogens is 3. The van der Waals surface area contributed by atoms with E-state index in [2.05, 4.69) is 15.3 Å². The Morgan fingerprint density at radius 1 is 1.22 bits per heavy atom. The first kappa shape index (κ1) is 21.3. The van der Waals surface area contributed by atoms with Crippen molar-refractivity contribution in [3.8, 4) is 17.1 Å². The first-order valence-electron chi connectivity index (χ1n) is 10.2. The molecule has 2 aromatic heterocycles. The summed E-state index contributed by atoms with van der Waals surface area (Å²) in [6.07, 6.45) is 5.42. The Morgan fingerprint density at radius 3 is 2.81 bits per heavy atom. The van der Waals surface area contributed by atoms with E-state index in [0.717, 1.165) is 5.56 Å². The maximum Gasteiger partial charge on any atom is 0.221 e. The molecule has 8 heteroatoms. The molecule has 0 spiro atoms. The summed E-state index contributed by atoms with van der Waals surface area (Å²) in [6, 6.07) is 13.4. The van der Waals surface area contributed by atoms with E-state index in [-0.39, 0.29) is 24.6 Å². The first-order valence-corrected chi connectivity index (χ1v) is 10.2. The molecule has 164 valence electrons. The van der Waals surface area contributed by atoms with Crippen LogP contribution in [0.4, 0.5) is 4.39 Å². The standard InChI is InChI=1S/C24H23FN4O3/c1-29-13-12-26-24(29)23(16-6-5-7-17(14-16)31-2)28-21(30)10-11-22-27-15-20(32-22)18-8-3-4-9-19(18)25/h3-9,12-15,23H,10-11H2,1-2H3,(H,28,30)/t23-/m0/s1. The summed E-state index contributed by atoms with van der Waals surface area (Å²) in [5.41, 5.74) is 1.19. The van der Waals surface area contributed by atoms with Gasteiger partial charge in [0, 0.05) is 32.3 Å². The third-order valence-electron chi connectivity index (χ3n) is 5.11. The normalized spacial score (nSPS) is 11.8.